The standard InChI is InChI=1S/C24H25ClN2O6S/c1-16-12-20(34(29,30)27-19-7-5-18(25)6-8-19)9-11-21(16)33-15-24(28)26-14-17-4-10-22(31-2)23(13-17)32-3/h4-13,27H,14-15H2,1-3H3,(H,26,28). The number of methoxy groups -OCH3 is 2. The van der Waals surface area contributed by atoms with Gasteiger partial charge < -0.3 is 19.5 Å². The van der Waals surface area contributed by atoms with E-state index in [-0.39, 0.29) is 24.0 Å². The van der Waals surface area contributed by atoms with Crippen LogP contribution in [0.5, 0.6) is 17.2 Å². The van der Waals surface area contributed by atoms with Crippen LogP contribution in [0.2, 0.25) is 5.02 Å². The molecule has 3 aromatic rings. The van der Waals surface area contributed by atoms with Crippen molar-refractivity contribution >= 4 is 33.2 Å². The summed E-state index contributed by atoms with van der Waals surface area (Å²) in [5.74, 6) is 1.26. The summed E-state index contributed by atoms with van der Waals surface area (Å²) in [6.07, 6.45) is 0. The zero-order chi connectivity index (χ0) is 24.7. The van der Waals surface area contributed by atoms with Crippen LogP contribution in [-0.2, 0) is 21.4 Å². The van der Waals surface area contributed by atoms with Gasteiger partial charge in [-0.25, -0.2) is 8.42 Å². The molecule has 0 aromatic heterocycles. The van der Waals surface area contributed by atoms with Gasteiger partial charge in [0.25, 0.3) is 15.9 Å². The Morgan fingerprint density at radius 1 is 0.912 bits per heavy atom. The number of carbonyl (C=O) groups excluding carboxylic acids is 1. The topological polar surface area (TPSA) is 103 Å². The van der Waals surface area contributed by atoms with Gasteiger partial charge in [-0.05, 0) is 72.6 Å². The second-order valence-corrected chi connectivity index (χ2v) is 9.41. The van der Waals surface area contributed by atoms with E-state index in [1.165, 1.54) is 18.2 Å². The minimum Gasteiger partial charge on any atom is -0.493 e. The normalized spacial score (nSPS) is 10.9. The van der Waals surface area contributed by atoms with Crippen LogP contribution < -0.4 is 24.2 Å². The summed E-state index contributed by atoms with van der Waals surface area (Å²) in [6, 6.07) is 16.1. The number of ether oxygens (including phenoxy) is 3. The second-order valence-electron chi connectivity index (χ2n) is 7.29. The van der Waals surface area contributed by atoms with Crippen LogP contribution in [0.3, 0.4) is 0 Å². The van der Waals surface area contributed by atoms with Crippen LogP contribution in [0.25, 0.3) is 0 Å². The van der Waals surface area contributed by atoms with E-state index < -0.39 is 10.0 Å². The highest BCUT2D eigenvalue weighted by Crippen LogP contribution is 2.27. The summed E-state index contributed by atoms with van der Waals surface area (Å²) in [6.45, 7) is 1.77. The van der Waals surface area contributed by atoms with Crippen molar-refractivity contribution in [2.24, 2.45) is 0 Å². The molecule has 0 fully saturated rings. The van der Waals surface area contributed by atoms with Crippen LogP contribution in [0.15, 0.2) is 65.6 Å². The van der Waals surface area contributed by atoms with E-state index in [9.17, 15) is 13.2 Å². The Morgan fingerprint density at radius 2 is 1.59 bits per heavy atom. The summed E-state index contributed by atoms with van der Waals surface area (Å²) in [7, 11) is -0.699. The molecule has 0 bridgehead atoms. The van der Waals surface area contributed by atoms with Gasteiger partial charge in [-0.1, -0.05) is 17.7 Å². The predicted molar refractivity (Wildman–Crippen MR) is 130 cm³/mol. The van der Waals surface area contributed by atoms with Crippen molar-refractivity contribution in [3.05, 3.63) is 76.8 Å². The number of carbonyl (C=O) groups is 1. The van der Waals surface area contributed by atoms with Crippen molar-refractivity contribution in [2.75, 3.05) is 25.5 Å². The van der Waals surface area contributed by atoms with Gasteiger partial charge >= 0.3 is 0 Å². The number of sulfonamides is 1. The number of anilines is 1. The molecule has 3 aromatic carbocycles. The summed E-state index contributed by atoms with van der Waals surface area (Å²) in [5.41, 5.74) is 1.81. The van der Waals surface area contributed by atoms with E-state index in [1.807, 2.05) is 6.07 Å². The van der Waals surface area contributed by atoms with Gasteiger partial charge in [-0.2, -0.15) is 0 Å². The molecule has 0 saturated carbocycles. The van der Waals surface area contributed by atoms with E-state index in [2.05, 4.69) is 10.0 Å². The SMILES string of the molecule is COc1ccc(CNC(=O)COc2ccc(S(=O)(=O)Nc3ccc(Cl)cc3)cc2C)cc1OC. The average Bonchev–Trinajstić information content (AvgIpc) is 2.83. The summed E-state index contributed by atoms with van der Waals surface area (Å²) in [5, 5.41) is 3.28. The van der Waals surface area contributed by atoms with Crippen molar-refractivity contribution in [3.8, 4) is 17.2 Å². The molecule has 34 heavy (non-hydrogen) atoms. The largest absolute Gasteiger partial charge is 0.493 e. The Labute approximate surface area is 203 Å². The molecule has 0 unspecified atom stereocenters. The van der Waals surface area contributed by atoms with Crippen LogP contribution in [-0.4, -0.2) is 35.2 Å². The van der Waals surface area contributed by atoms with E-state index in [4.69, 9.17) is 25.8 Å². The van der Waals surface area contributed by atoms with Gasteiger partial charge in [0.15, 0.2) is 18.1 Å². The molecule has 180 valence electrons. The third-order valence-corrected chi connectivity index (χ3v) is 6.48. The Morgan fingerprint density at radius 3 is 2.24 bits per heavy atom. The van der Waals surface area contributed by atoms with Gasteiger partial charge in [0.05, 0.1) is 19.1 Å². The predicted octanol–water partition coefficient (Wildman–Crippen LogP) is 4.16. The molecule has 0 heterocycles. The highest BCUT2D eigenvalue weighted by molar-refractivity contribution is 7.92. The highest BCUT2D eigenvalue weighted by atomic mass is 35.5. The van der Waals surface area contributed by atoms with Gasteiger partial charge in [0.2, 0.25) is 0 Å². The number of hydrogen-bond acceptors (Lipinski definition) is 6. The van der Waals surface area contributed by atoms with Gasteiger partial charge in [0, 0.05) is 17.3 Å². The van der Waals surface area contributed by atoms with Crippen LogP contribution in [0.1, 0.15) is 11.1 Å². The Hall–Kier alpha value is -3.43. The minimum atomic E-state index is -3.79. The fraction of sp³-hybridized carbons (Fsp3) is 0.208. The number of aryl methyl sites for hydroxylation is 1. The van der Waals surface area contributed by atoms with E-state index >= 15 is 0 Å². The molecule has 0 atom stereocenters. The minimum absolute atomic E-state index is 0.0743. The zero-order valence-corrected chi connectivity index (χ0v) is 20.5. The first kappa shape index (κ1) is 25.2. The average molecular weight is 505 g/mol. The number of benzene rings is 3. The molecule has 0 saturated heterocycles. The molecular weight excluding hydrogens is 480 g/mol. The molecular formula is C24H25ClN2O6S. The quantitative estimate of drug-likeness (QED) is 0.429. The highest BCUT2D eigenvalue weighted by Gasteiger charge is 2.16. The third kappa shape index (κ3) is 6.55. The summed E-state index contributed by atoms with van der Waals surface area (Å²) < 4.78 is 43.9. The number of nitrogens with one attached hydrogen (secondary N) is 2. The lowest BCUT2D eigenvalue weighted by atomic mass is 10.2. The summed E-state index contributed by atoms with van der Waals surface area (Å²) >= 11 is 5.84. The molecule has 8 nitrogen and oxygen atoms in total. The maximum atomic E-state index is 12.7. The maximum absolute atomic E-state index is 12.7. The fourth-order valence-corrected chi connectivity index (χ4v) is 4.34. The molecule has 0 aliphatic carbocycles. The first-order valence-electron chi connectivity index (χ1n) is 10.2. The number of hydrogen-bond donors (Lipinski definition) is 2. The number of amides is 1. The molecule has 1 amide bonds. The van der Waals surface area contributed by atoms with E-state index in [1.54, 1.807) is 57.5 Å². The molecule has 0 radical (unpaired) electrons. The number of rotatable bonds is 10. The van der Waals surface area contributed by atoms with Gasteiger partial charge in [0.1, 0.15) is 5.75 Å². The van der Waals surface area contributed by atoms with Crippen LogP contribution in [0.4, 0.5) is 5.69 Å². The second kappa shape index (κ2) is 11.1. The van der Waals surface area contributed by atoms with Gasteiger partial charge in [-0.15, -0.1) is 0 Å². The smallest absolute Gasteiger partial charge is 0.261 e. The van der Waals surface area contributed by atoms with Gasteiger partial charge in [-0.3, -0.25) is 9.52 Å². The number of halogens is 1. The molecule has 10 heteroatoms. The Kier molecular flexibility index (Phi) is 8.25. The van der Waals surface area contributed by atoms with Crippen molar-refractivity contribution in [1.29, 1.82) is 0 Å². The molecule has 3 rings (SSSR count). The van der Waals surface area contributed by atoms with Crippen LogP contribution >= 0.6 is 11.6 Å². The fourth-order valence-electron chi connectivity index (χ4n) is 3.07. The molecule has 0 aliphatic heterocycles. The lowest BCUT2D eigenvalue weighted by Crippen LogP contribution is -2.28. The van der Waals surface area contributed by atoms with Crippen molar-refractivity contribution in [3.63, 3.8) is 0 Å². The Balaban J connectivity index is 1.57. The monoisotopic (exact) mass is 504 g/mol. The first-order chi connectivity index (χ1) is 16.2. The lowest BCUT2D eigenvalue weighted by Gasteiger charge is -2.13. The van der Waals surface area contributed by atoms with Crippen molar-refractivity contribution < 1.29 is 27.4 Å². The summed E-state index contributed by atoms with van der Waals surface area (Å²) in [4.78, 5) is 12.3. The first-order valence-corrected chi connectivity index (χ1v) is 12.1. The maximum Gasteiger partial charge on any atom is 0.261 e. The zero-order valence-electron chi connectivity index (χ0n) is 18.9. The van der Waals surface area contributed by atoms with E-state index in [0.717, 1.165) is 5.56 Å². The molecule has 2 N–H and O–H groups in total. The van der Waals surface area contributed by atoms with Crippen molar-refractivity contribution in [2.45, 2.75) is 18.4 Å². The lowest BCUT2D eigenvalue weighted by molar-refractivity contribution is -0.123. The Bertz CT molecular complexity index is 1260. The van der Waals surface area contributed by atoms with Crippen LogP contribution in [0, 0.1) is 6.92 Å². The van der Waals surface area contributed by atoms with Crippen molar-refractivity contribution in [1.82, 2.24) is 5.32 Å². The third-order valence-electron chi connectivity index (χ3n) is 4.85. The molecule has 0 spiro atoms. The molecule has 0 aliphatic rings. The van der Waals surface area contributed by atoms with E-state index in [0.29, 0.717) is 33.5 Å².